The minimum absolute atomic E-state index is 0. The second-order valence-corrected chi connectivity index (χ2v) is 33.5. The van der Waals surface area contributed by atoms with Crippen molar-refractivity contribution >= 4 is 37.2 Å². The highest BCUT2D eigenvalue weighted by molar-refractivity contribution is 7.46. The zero-order valence-corrected chi connectivity index (χ0v) is 68.4. The van der Waals surface area contributed by atoms with Crippen LogP contribution in [0.15, 0.2) is 0 Å². The first-order valence-corrected chi connectivity index (χ1v) is 44.2. The molecule has 3 aliphatic heterocycles. The molecular weight excluding hydrogens is 1580 g/mol. The third-order valence-electron chi connectivity index (χ3n) is 17.7. The van der Waals surface area contributed by atoms with Crippen LogP contribution < -0.4 is 24.9 Å². The van der Waals surface area contributed by atoms with Gasteiger partial charge in [-0.05, 0) is 84.5 Å². The highest BCUT2D eigenvalue weighted by Gasteiger charge is 2.46. The second-order valence-electron chi connectivity index (χ2n) is 27.9. The van der Waals surface area contributed by atoms with Crippen molar-refractivity contribution in [3.8, 4) is 0 Å². The van der Waals surface area contributed by atoms with Gasteiger partial charge in [-0.2, -0.15) is 0 Å². The molecule has 20 atom stereocenters. The molecule has 668 valence electrons. The quantitative estimate of drug-likeness (QED) is 0.0292. The molecule has 3 heterocycles. The summed E-state index contributed by atoms with van der Waals surface area (Å²) in [5, 5.41) is 102. The van der Waals surface area contributed by atoms with Crippen LogP contribution in [0.2, 0.25) is 0 Å². The molecule has 40 nitrogen and oxygen atoms in total. The van der Waals surface area contributed by atoms with Gasteiger partial charge in [-0.25, -0.2) is 0 Å². The zero-order chi connectivity index (χ0) is 82.1. The van der Waals surface area contributed by atoms with Gasteiger partial charge in [0, 0.05) is 84.1 Å². The SMILES string of the molecule is C.CC(=O)N[C@H]1C(O)[C@@H](O)C(CO)O[C@H]1OCCCCCCOP(=O)([O-])OCCCOCC(COCCCOP(=O)([O-])OCCCCCCO[C@@H]1OC(CO)[C@H](O)C(O)[C@@H]1C)(COCCCOP(=O)([O-])OCCCCCCO[C@@H]1OC(CO)[C@H](O)C(O)[C@@H]1C)COP(=O)([O-])OCCCOCC(CO)COCCCOC(C)C. The largest absolute Gasteiger partial charge is 0.756 e. The molecule has 3 saturated heterocycles. The van der Waals surface area contributed by atoms with Crippen LogP contribution in [-0.2, 0) is 116 Å². The first-order valence-electron chi connectivity index (χ1n) is 38.4. The van der Waals surface area contributed by atoms with E-state index in [-0.39, 0.29) is 144 Å². The molecule has 3 fully saturated rings. The number of phosphoric ester groups is 4. The van der Waals surface area contributed by atoms with Gasteiger partial charge >= 0.3 is 0 Å². The van der Waals surface area contributed by atoms with Crippen molar-refractivity contribution in [3.05, 3.63) is 0 Å². The molecule has 44 heteroatoms. The lowest BCUT2D eigenvalue weighted by atomic mass is 9.92. The lowest BCUT2D eigenvalue weighted by molar-refractivity contribution is -0.282. The number of carbonyl (C=O) groups is 1. The Balaban J connectivity index is 0.0000426. The Bertz CT molecular complexity index is 2480. The number of hydrogen-bond acceptors (Lipinski definition) is 39. The summed E-state index contributed by atoms with van der Waals surface area (Å²) < 4.78 is 161. The Morgan fingerprint density at radius 2 is 0.688 bits per heavy atom. The van der Waals surface area contributed by atoms with E-state index in [1.807, 2.05) is 13.8 Å². The van der Waals surface area contributed by atoms with Gasteiger partial charge in [0.15, 0.2) is 18.9 Å². The smallest absolute Gasteiger partial charge is 0.267 e. The van der Waals surface area contributed by atoms with Crippen LogP contribution in [0.3, 0.4) is 0 Å². The van der Waals surface area contributed by atoms with Crippen molar-refractivity contribution in [2.75, 3.05) is 172 Å². The van der Waals surface area contributed by atoms with Crippen LogP contribution in [0.4, 0.5) is 0 Å². The fraction of sp³-hybridized carbons (Fsp3) is 0.985. The maximum absolute atomic E-state index is 13.4. The van der Waals surface area contributed by atoms with Crippen molar-refractivity contribution < 1.29 is 187 Å². The van der Waals surface area contributed by atoms with E-state index in [1.165, 1.54) is 6.92 Å². The molecule has 0 aromatic heterocycles. The van der Waals surface area contributed by atoms with Crippen LogP contribution >= 0.6 is 31.3 Å². The van der Waals surface area contributed by atoms with E-state index < -0.39 is 200 Å². The van der Waals surface area contributed by atoms with Crippen molar-refractivity contribution in [2.24, 2.45) is 23.2 Å². The zero-order valence-electron chi connectivity index (χ0n) is 64.8. The first-order chi connectivity index (χ1) is 52.8. The van der Waals surface area contributed by atoms with Crippen LogP contribution in [0.5, 0.6) is 0 Å². The van der Waals surface area contributed by atoms with Gasteiger partial charge in [0.2, 0.25) is 5.91 Å². The van der Waals surface area contributed by atoms with Crippen molar-refractivity contribution in [2.45, 2.75) is 237 Å². The van der Waals surface area contributed by atoms with Crippen molar-refractivity contribution in [1.29, 1.82) is 0 Å². The molecule has 112 heavy (non-hydrogen) atoms. The Morgan fingerprint density at radius 1 is 0.393 bits per heavy atom. The van der Waals surface area contributed by atoms with Crippen LogP contribution in [0.1, 0.15) is 151 Å². The van der Waals surface area contributed by atoms with Crippen LogP contribution in [0, 0.1) is 23.2 Å². The van der Waals surface area contributed by atoms with Crippen LogP contribution in [0.25, 0.3) is 0 Å². The molecule has 0 radical (unpaired) electrons. The number of hydrogen-bond donors (Lipinski definition) is 11. The summed E-state index contributed by atoms with van der Waals surface area (Å²) in [5.41, 5.74) is -1.56. The molecule has 0 aliphatic carbocycles. The number of aliphatic hydroxyl groups is 10. The second kappa shape index (κ2) is 60.5. The van der Waals surface area contributed by atoms with Crippen molar-refractivity contribution in [1.82, 2.24) is 5.32 Å². The lowest BCUT2D eigenvalue weighted by Gasteiger charge is -2.42. The third-order valence-corrected chi connectivity index (χ3v) is 21.6. The number of nitrogens with one attached hydrogen (secondary N) is 1. The van der Waals surface area contributed by atoms with E-state index in [0.717, 1.165) is 0 Å². The Morgan fingerprint density at radius 3 is 1.02 bits per heavy atom. The van der Waals surface area contributed by atoms with Crippen LogP contribution in [-0.4, -0.2) is 315 Å². The number of unbranched alkanes of at least 4 members (excludes halogenated alkanes) is 9. The van der Waals surface area contributed by atoms with E-state index in [9.17, 15) is 93.7 Å². The molecule has 0 aromatic rings. The molecule has 0 saturated carbocycles. The topological polar surface area (TPSA) is 577 Å². The molecule has 3 rings (SSSR count). The number of ether oxygens (including phenoxy) is 12. The fourth-order valence-electron chi connectivity index (χ4n) is 11.2. The van der Waals surface area contributed by atoms with Gasteiger partial charge in [-0.3, -0.25) is 23.1 Å². The summed E-state index contributed by atoms with van der Waals surface area (Å²) in [6.45, 7) is 3.59. The predicted molar refractivity (Wildman–Crippen MR) is 389 cm³/mol. The molecular formula is C68H133NO39P4-4. The van der Waals surface area contributed by atoms with Gasteiger partial charge < -0.3 is 169 Å². The summed E-state index contributed by atoms with van der Waals surface area (Å²) in [6.07, 6.45) is -7.27. The molecule has 11 N–H and O–H groups in total. The van der Waals surface area contributed by atoms with E-state index in [0.29, 0.717) is 90.3 Å². The van der Waals surface area contributed by atoms with E-state index in [1.54, 1.807) is 13.8 Å². The summed E-state index contributed by atoms with van der Waals surface area (Å²) in [4.78, 5) is 63.3. The monoisotopic (exact) mass is 1710 g/mol. The van der Waals surface area contributed by atoms with Gasteiger partial charge in [-0.15, -0.1) is 0 Å². The molecule has 0 spiro atoms. The standard InChI is InChI=1S/C67H133NO39P4.CH4/c1-49(2)93-31-18-23-88-43-53(39-69)44-89-24-19-35-103-111(86,87)104-48-67(45-90-25-20-36-100-108(80,81)97-32-15-9-6-12-28-94-64-50(3)58(74)60(76)54(40-70)105-64,46-91-26-21-37-101-109(82,83)98-33-16-10-7-13-29-95-65-51(4)59(75)61(77)55(41-71)106-65)47-92-27-22-38-102-110(84,85)99-34-17-11-8-14-30-96-66-57(68-52(5)73)63(79)62(78)56(42-72)107-66;/h49-51,53-66,69-72,74-79H,6-48H2,1-5H3,(H,68,73)(H,80,81)(H,82,83)(H,84,85)(H,86,87);1H4/p-4/t50-,51-,53?,54?,55?,56?,57-,58?,59?,60-,61-,62-,63?,64+,65+,66+,67?;/m0./s1. The van der Waals surface area contributed by atoms with E-state index in [4.69, 9.17) is 93.0 Å². The van der Waals surface area contributed by atoms with Gasteiger partial charge in [-0.1, -0.05) is 59.8 Å². The van der Waals surface area contributed by atoms with E-state index >= 15 is 0 Å². The average molecular weight is 1710 g/mol. The summed E-state index contributed by atoms with van der Waals surface area (Å²) in [7, 11) is -19.6. The number of amides is 1. The normalized spacial score (nSPS) is 27.4. The number of phosphoric acid groups is 4. The third kappa shape index (κ3) is 46.2. The maximum atomic E-state index is 13.4. The highest BCUT2D eigenvalue weighted by Crippen LogP contribution is 2.43. The minimum atomic E-state index is -5.15. The average Bonchev–Trinajstić information content (AvgIpc) is 0.792. The highest BCUT2D eigenvalue weighted by atomic mass is 31.2. The predicted octanol–water partition coefficient (Wildman–Crippen LogP) is 0.507. The van der Waals surface area contributed by atoms with Gasteiger partial charge in [0.05, 0.1) is 136 Å². The Kier molecular flexibility index (Phi) is 57.9. The van der Waals surface area contributed by atoms with Crippen molar-refractivity contribution in [3.63, 3.8) is 0 Å². The van der Waals surface area contributed by atoms with Gasteiger partial charge in [0.25, 0.3) is 31.3 Å². The summed E-state index contributed by atoms with van der Waals surface area (Å²) >= 11 is 0. The number of rotatable bonds is 70. The Labute approximate surface area is 658 Å². The minimum Gasteiger partial charge on any atom is -0.756 e. The molecule has 1 amide bonds. The van der Waals surface area contributed by atoms with Gasteiger partial charge in [0.1, 0.15) is 48.8 Å². The molecule has 3 aliphatic rings. The molecule has 0 aromatic carbocycles. The summed E-state index contributed by atoms with van der Waals surface area (Å²) in [5.74, 6) is -1.98. The number of aliphatic hydroxyl groups excluding tert-OH is 10. The first kappa shape index (κ1) is 107. The Hall–Kier alpha value is -0.970. The molecule has 0 bridgehead atoms. The maximum Gasteiger partial charge on any atom is 0.267 e. The lowest BCUT2D eigenvalue weighted by Crippen LogP contribution is -2.64. The number of carbonyl (C=O) groups excluding carboxylic acids is 1. The fourth-order valence-corrected chi connectivity index (χ4v) is 14.4. The summed E-state index contributed by atoms with van der Waals surface area (Å²) in [6, 6.07) is -1.11. The van der Waals surface area contributed by atoms with E-state index in [2.05, 4.69) is 5.32 Å². The molecule has 11 unspecified atom stereocenters.